The van der Waals surface area contributed by atoms with Crippen molar-refractivity contribution in [3.63, 3.8) is 0 Å². The van der Waals surface area contributed by atoms with Gasteiger partial charge in [0.2, 0.25) is 0 Å². The summed E-state index contributed by atoms with van der Waals surface area (Å²) in [6.07, 6.45) is -1.19. The molecule has 0 radical (unpaired) electrons. The number of rotatable bonds is 3. The van der Waals surface area contributed by atoms with Gasteiger partial charge in [0.25, 0.3) is 0 Å². The van der Waals surface area contributed by atoms with E-state index in [0.29, 0.717) is 5.82 Å². The highest BCUT2D eigenvalue weighted by atomic mass is 16.4. The van der Waals surface area contributed by atoms with Crippen molar-refractivity contribution in [1.29, 1.82) is 0 Å². The molecule has 0 aliphatic heterocycles. The Morgan fingerprint density at radius 3 is 2.70 bits per heavy atom. The number of nitrogens with zero attached hydrogens (tertiary/aromatic N) is 1. The highest BCUT2D eigenvalue weighted by molar-refractivity contribution is 5.76. The van der Waals surface area contributed by atoms with Gasteiger partial charge in [0.1, 0.15) is 11.9 Å². The molecule has 0 spiro atoms. The normalized spacial score (nSPS) is 13.4. The number of amides is 1. The van der Waals surface area contributed by atoms with Crippen LogP contribution in [0.4, 0.5) is 4.79 Å². The number of imidazole rings is 1. The Labute approximate surface area is 116 Å². The van der Waals surface area contributed by atoms with E-state index in [2.05, 4.69) is 36.1 Å². The third-order valence-electron chi connectivity index (χ3n) is 3.18. The van der Waals surface area contributed by atoms with Crippen LogP contribution in [0.1, 0.15) is 38.2 Å². The zero-order valence-corrected chi connectivity index (χ0v) is 11.8. The minimum Gasteiger partial charge on any atom is -0.465 e. The van der Waals surface area contributed by atoms with Crippen molar-refractivity contribution in [3.8, 4) is 0 Å². The number of hydrogen-bond donors (Lipinski definition) is 4. The maximum absolute atomic E-state index is 10.7. The van der Waals surface area contributed by atoms with Crippen molar-refractivity contribution >= 4 is 17.1 Å². The summed E-state index contributed by atoms with van der Waals surface area (Å²) in [5, 5.41) is 20.2. The van der Waals surface area contributed by atoms with Gasteiger partial charge in [0.15, 0.2) is 0 Å². The lowest BCUT2D eigenvalue weighted by Gasteiger charge is -2.18. The van der Waals surface area contributed by atoms with E-state index >= 15 is 0 Å². The third-order valence-corrected chi connectivity index (χ3v) is 3.18. The van der Waals surface area contributed by atoms with Gasteiger partial charge in [-0.05, 0) is 23.1 Å². The molecule has 0 aliphatic carbocycles. The summed E-state index contributed by atoms with van der Waals surface area (Å²) in [6, 6.07) is 5.15. The molecule has 0 saturated carbocycles. The number of fused-ring (bicyclic) bond motifs is 1. The van der Waals surface area contributed by atoms with Crippen LogP contribution in [-0.2, 0) is 5.41 Å². The first-order valence-electron chi connectivity index (χ1n) is 6.41. The molecule has 1 unspecified atom stereocenters. The zero-order chi connectivity index (χ0) is 14.9. The second-order valence-corrected chi connectivity index (χ2v) is 5.79. The van der Waals surface area contributed by atoms with E-state index in [9.17, 15) is 9.90 Å². The number of aromatic amines is 1. The van der Waals surface area contributed by atoms with Crippen LogP contribution >= 0.6 is 0 Å². The maximum Gasteiger partial charge on any atom is 0.405 e. The minimum absolute atomic E-state index is 0.0230. The molecule has 0 fully saturated rings. The second kappa shape index (κ2) is 5.13. The molecular formula is C14H19N3O3. The summed E-state index contributed by atoms with van der Waals surface area (Å²) in [4.78, 5) is 18.1. The average Bonchev–Trinajstić information content (AvgIpc) is 2.76. The van der Waals surface area contributed by atoms with Crippen molar-refractivity contribution in [2.75, 3.05) is 6.61 Å². The fourth-order valence-corrected chi connectivity index (χ4v) is 2.01. The summed E-state index contributed by atoms with van der Waals surface area (Å²) in [5.74, 6) is 0.413. The summed E-state index contributed by atoms with van der Waals surface area (Å²) in [7, 11) is 0. The van der Waals surface area contributed by atoms with Crippen LogP contribution < -0.4 is 5.32 Å². The minimum atomic E-state index is -1.19. The van der Waals surface area contributed by atoms with Crippen LogP contribution in [-0.4, -0.2) is 32.9 Å². The molecule has 108 valence electrons. The van der Waals surface area contributed by atoms with E-state index < -0.39 is 12.1 Å². The number of carbonyl (C=O) groups is 1. The van der Waals surface area contributed by atoms with Crippen LogP contribution in [0, 0.1) is 0 Å². The number of nitrogens with one attached hydrogen (secondary N) is 2. The number of H-pyrrole nitrogens is 1. The van der Waals surface area contributed by atoms with E-state index in [0.717, 1.165) is 16.6 Å². The highest BCUT2D eigenvalue weighted by Gasteiger charge is 2.19. The number of hydrogen-bond acceptors (Lipinski definition) is 3. The number of aliphatic hydroxyl groups excluding tert-OH is 1. The summed E-state index contributed by atoms with van der Waals surface area (Å²) in [5.41, 5.74) is 2.76. The fraction of sp³-hybridized carbons (Fsp3) is 0.429. The fourth-order valence-electron chi connectivity index (χ4n) is 2.01. The summed E-state index contributed by atoms with van der Waals surface area (Å²) >= 11 is 0. The molecule has 1 aromatic heterocycles. The molecule has 6 nitrogen and oxygen atoms in total. The lowest BCUT2D eigenvalue weighted by atomic mass is 9.87. The molecule has 0 saturated heterocycles. The Balaban J connectivity index is 2.40. The molecule has 1 amide bonds. The predicted octanol–water partition coefficient (Wildman–Crippen LogP) is 2.16. The van der Waals surface area contributed by atoms with Crippen LogP contribution in [0.5, 0.6) is 0 Å². The first-order chi connectivity index (χ1) is 9.31. The van der Waals surface area contributed by atoms with Crippen LogP contribution in [0.25, 0.3) is 11.0 Å². The van der Waals surface area contributed by atoms with Crippen LogP contribution in [0.2, 0.25) is 0 Å². The van der Waals surface area contributed by atoms with Crippen molar-refractivity contribution in [1.82, 2.24) is 15.3 Å². The molecule has 1 atom stereocenters. The van der Waals surface area contributed by atoms with Gasteiger partial charge in [-0.2, -0.15) is 0 Å². The average molecular weight is 277 g/mol. The van der Waals surface area contributed by atoms with Crippen molar-refractivity contribution in [3.05, 3.63) is 29.6 Å². The van der Waals surface area contributed by atoms with Gasteiger partial charge in [0, 0.05) is 0 Å². The first kappa shape index (κ1) is 14.3. The zero-order valence-electron chi connectivity index (χ0n) is 11.8. The molecule has 4 N–H and O–H groups in total. The Morgan fingerprint density at radius 2 is 2.15 bits per heavy atom. The maximum atomic E-state index is 10.7. The number of aliphatic hydroxyl groups is 1. The van der Waals surface area contributed by atoms with Crippen LogP contribution in [0.15, 0.2) is 18.2 Å². The smallest absolute Gasteiger partial charge is 0.405 e. The lowest BCUT2D eigenvalue weighted by molar-refractivity contribution is 0.176. The predicted molar refractivity (Wildman–Crippen MR) is 75.8 cm³/mol. The largest absolute Gasteiger partial charge is 0.465 e. The third kappa shape index (κ3) is 2.91. The van der Waals surface area contributed by atoms with Gasteiger partial charge in [-0.15, -0.1) is 0 Å². The molecular weight excluding hydrogens is 258 g/mol. The van der Waals surface area contributed by atoms with Crippen molar-refractivity contribution in [2.45, 2.75) is 32.2 Å². The van der Waals surface area contributed by atoms with E-state index in [-0.39, 0.29) is 12.0 Å². The Bertz CT molecular complexity index is 628. The molecule has 6 heteroatoms. The molecule has 0 aliphatic rings. The summed E-state index contributed by atoms with van der Waals surface area (Å²) in [6.45, 7) is 6.01. The number of benzene rings is 1. The van der Waals surface area contributed by atoms with E-state index in [4.69, 9.17) is 5.11 Å². The number of aromatic nitrogens is 2. The topological polar surface area (TPSA) is 98.2 Å². The monoisotopic (exact) mass is 277 g/mol. The van der Waals surface area contributed by atoms with E-state index in [1.54, 1.807) is 0 Å². The van der Waals surface area contributed by atoms with Gasteiger partial charge in [-0.3, -0.25) is 0 Å². The quantitative estimate of drug-likeness (QED) is 0.691. The van der Waals surface area contributed by atoms with Gasteiger partial charge >= 0.3 is 6.09 Å². The van der Waals surface area contributed by atoms with Crippen molar-refractivity contribution in [2.24, 2.45) is 0 Å². The van der Waals surface area contributed by atoms with Crippen molar-refractivity contribution < 1.29 is 15.0 Å². The first-order valence-corrected chi connectivity index (χ1v) is 6.41. The van der Waals surface area contributed by atoms with Crippen LogP contribution in [0.3, 0.4) is 0 Å². The van der Waals surface area contributed by atoms with E-state index in [1.807, 2.05) is 18.2 Å². The second-order valence-electron chi connectivity index (χ2n) is 5.79. The molecule has 2 aromatic rings. The molecule has 0 bridgehead atoms. The summed E-state index contributed by atoms with van der Waals surface area (Å²) < 4.78 is 0. The number of carboxylic acid groups (broad SMARTS) is 1. The van der Waals surface area contributed by atoms with Gasteiger partial charge < -0.3 is 20.5 Å². The van der Waals surface area contributed by atoms with Gasteiger partial charge in [-0.25, -0.2) is 9.78 Å². The van der Waals surface area contributed by atoms with Gasteiger partial charge in [-0.1, -0.05) is 26.8 Å². The standard InChI is InChI=1S/C14H19N3O3/c1-14(2,3)8-4-5-9-10(6-8)16-12(15-9)11(7-18)17-13(19)20/h4-6,11,17-18H,7H2,1-3H3,(H,15,16)(H,19,20). The molecule has 2 rings (SSSR count). The highest BCUT2D eigenvalue weighted by Crippen LogP contribution is 2.26. The van der Waals surface area contributed by atoms with E-state index in [1.165, 1.54) is 0 Å². The Hall–Kier alpha value is -2.08. The molecule has 1 aromatic carbocycles. The molecule has 20 heavy (non-hydrogen) atoms. The Kier molecular flexibility index (Phi) is 3.67. The molecule has 1 heterocycles. The lowest BCUT2D eigenvalue weighted by Crippen LogP contribution is -2.29. The Morgan fingerprint density at radius 1 is 1.45 bits per heavy atom. The SMILES string of the molecule is CC(C)(C)c1ccc2nc(C(CO)NC(=O)O)[nH]c2c1. The van der Waals surface area contributed by atoms with Gasteiger partial charge in [0.05, 0.1) is 17.6 Å².